The summed E-state index contributed by atoms with van der Waals surface area (Å²) in [5.41, 5.74) is 3.30. The van der Waals surface area contributed by atoms with Crippen molar-refractivity contribution in [1.29, 1.82) is 0 Å². The molecule has 4 rings (SSSR count). The number of nitrogens with zero attached hydrogens (tertiary/aromatic N) is 2. The summed E-state index contributed by atoms with van der Waals surface area (Å²) >= 11 is 6.02. The molecule has 4 aromatic rings. The SMILES string of the molecule is O=C(COc1ccc(Cl)cc1-c1ccno1)NN=Cc1coc2ccccc2c1=O. The monoisotopic (exact) mass is 423 g/mol. The lowest BCUT2D eigenvalue weighted by molar-refractivity contribution is -0.123. The second-order valence-corrected chi connectivity index (χ2v) is 6.55. The van der Waals surface area contributed by atoms with E-state index in [1.54, 1.807) is 48.5 Å². The summed E-state index contributed by atoms with van der Waals surface area (Å²) in [6, 6.07) is 13.4. The Morgan fingerprint density at radius 2 is 2.10 bits per heavy atom. The number of amides is 1. The fourth-order valence-corrected chi connectivity index (χ4v) is 2.88. The molecular formula is C21H14ClN3O5. The maximum absolute atomic E-state index is 12.4. The van der Waals surface area contributed by atoms with Gasteiger partial charge in [-0.1, -0.05) is 28.9 Å². The van der Waals surface area contributed by atoms with Crippen molar-refractivity contribution in [2.75, 3.05) is 6.61 Å². The summed E-state index contributed by atoms with van der Waals surface area (Å²) in [5, 5.41) is 8.36. The number of aromatic nitrogens is 1. The van der Waals surface area contributed by atoms with E-state index in [1.807, 2.05) is 0 Å². The van der Waals surface area contributed by atoms with E-state index in [2.05, 4.69) is 15.7 Å². The first-order chi connectivity index (χ1) is 14.6. The molecule has 30 heavy (non-hydrogen) atoms. The van der Waals surface area contributed by atoms with Crippen LogP contribution in [-0.4, -0.2) is 23.9 Å². The second kappa shape index (κ2) is 8.62. The third kappa shape index (κ3) is 4.23. The summed E-state index contributed by atoms with van der Waals surface area (Å²) in [6.45, 7) is -0.313. The largest absolute Gasteiger partial charge is 0.483 e. The lowest BCUT2D eigenvalue weighted by Gasteiger charge is -2.09. The van der Waals surface area contributed by atoms with Crippen LogP contribution in [0.5, 0.6) is 5.75 Å². The molecule has 2 aromatic carbocycles. The van der Waals surface area contributed by atoms with Crippen molar-refractivity contribution in [1.82, 2.24) is 10.6 Å². The van der Waals surface area contributed by atoms with Crippen LogP contribution < -0.4 is 15.6 Å². The van der Waals surface area contributed by atoms with Crippen LogP contribution in [0.3, 0.4) is 0 Å². The molecule has 0 fully saturated rings. The number of rotatable bonds is 6. The molecule has 0 aliphatic rings. The maximum Gasteiger partial charge on any atom is 0.277 e. The predicted octanol–water partition coefficient (Wildman–Crippen LogP) is 3.63. The fraction of sp³-hybridized carbons (Fsp3) is 0.0476. The molecule has 150 valence electrons. The van der Waals surface area contributed by atoms with Gasteiger partial charge in [0.15, 0.2) is 12.4 Å². The first kappa shape index (κ1) is 19.4. The zero-order valence-electron chi connectivity index (χ0n) is 15.4. The van der Waals surface area contributed by atoms with Crippen LogP contribution in [0.4, 0.5) is 0 Å². The molecule has 1 N–H and O–H groups in total. The van der Waals surface area contributed by atoms with Crippen LogP contribution in [0.2, 0.25) is 5.02 Å². The Balaban J connectivity index is 1.41. The highest BCUT2D eigenvalue weighted by atomic mass is 35.5. The minimum absolute atomic E-state index is 0.209. The normalized spacial score (nSPS) is 11.1. The molecule has 0 saturated heterocycles. The molecule has 2 aromatic heterocycles. The second-order valence-electron chi connectivity index (χ2n) is 6.12. The van der Waals surface area contributed by atoms with Crippen molar-refractivity contribution in [2.24, 2.45) is 5.10 Å². The van der Waals surface area contributed by atoms with Gasteiger partial charge in [0.2, 0.25) is 5.43 Å². The number of para-hydroxylation sites is 1. The number of nitrogens with one attached hydrogen (secondary N) is 1. The van der Waals surface area contributed by atoms with Crippen molar-refractivity contribution >= 4 is 34.7 Å². The van der Waals surface area contributed by atoms with E-state index in [1.165, 1.54) is 18.7 Å². The lowest BCUT2D eigenvalue weighted by atomic mass is 10.1. The average Bonchev–Trinajstić information content (AvgIpc) is 3.29. The molecule has 0 aliphatic carbocycles. The highest BCUT2D eigenvalue weighted by Crippen LogP contribution is 2.32. The summed E-state index contributed by atoms with van der Waals surface area (Å²) in [4.78, 5) is 24.4. The number of halogens is 1. The molecular weight excluding hydrogens is 410 g/mol. The van der Waals surface area contributed by atoms with Crippen LogP contribution in [-0.2, 0) is 4.79 Å². The van der Waals surface area contributed by atoms with Crippen molar-refractivity contribution < 1.29 is 18.5 Å². The van der Waals surface area contributed by atoms with E-state index in [0.29, 0.717) is 33.1 Å². The molecule has 0 radical (unpaired) electrons. The van der Waals surface area contributed by atoms with Crippen LogP contribution in [0.25, 0.3) is 22.3 Å². The Morgan fingerprint density at radius 3 is 2.93 bits per heavy atom. The van der Waals surface area contributed by atoms with Crippen molar-refractivity contribution in [3.63, 3.8) is 0 Å². The zero-order valence-corrected chi connectivity index (χ0v) is 16.1. The molecule has 8 nitrogen and oxygen atoms in total. The number of benzene rings is 2. The van der Waals surface area contributed by atoms with Crippen LogP contribution in [0, 0.1) is 0 Å². The standard InChI is InChI=1S/C21H14ClN3O5/c22-14-5-6-18(16(9-14)19-7-8-24-30-19)29-12-20(26)25-23-10-13-11-28-17-4-2-1-3-15(17)21(13)27/h1-11H,12H2,(H,25,26). The van der Waals surface area contributed by atoms with Crippen molar-refractivity contribution in [3.8, 4) is 17.1 Å². The smallest absolute Gasteiger partial charge is 0.277 e. The quantitative estimate of drug-likeness (QED) is 0.375. The van der Waals surface area contributed by atoms with E-state index in [4.69, 9.17) is 25.3 Å². The van der Waals surface area contributed by atoms with Gasteiger partial charge in [-0.15, -0.1) is 0 Å². The minimum atomic E-state index is -0.519. The maximum atomic E-state index is 12.4. The number of carbonyl (C=O) groups is 1. The minimum Gasteiger partial charge on any atom is -0.483 e. The molecule has 0 atom stereocenters. The highest BCUT2D eigenvalue weighted by Gasteiger charge is 2.12. The third-order valence-corrected chi connectivity index (χ3v) is 4.34. The van der Waals surface area contributed by atoms with E-state index in [0.717, 1.165) is 0 Å². The average molecular weight is 424 g/mol. The molecule has 2 heterocycles. The molecule has 1 amide bonds. The number of hydrogen-bond acceptors (Lipinski definition) is 7. The van der Waals surface area contributed by atoms with Gasteiger partial charge in [-0.25, -0.2) is 5.43 Å². The van der Waals surface area contributed by atoms with Gasteiger partial charge in [0.05, 0.1) is 28.9 Å². The summed E-state index contributed by atoms with van der Waals surface area (Å²) in [6.07, 6.45) is 4.00. The number of hydrogen-bond donors (Lipinski definition) is 1. The molecule has 0 bridgehead atoms. The number of carbonyl (C=O) groups excluding carboxylic acids is 1. The zero-order chi connectivity index (χ0) is 20.9. The van der Waals surface area contributed by atoms with Gasteiger partial charge in [0.1, 0.15) is 17.6 Å². The van der Waals surface area contributed by atoms with Crippen LogP contribution in [0.1, 0.15) is 5.56 Å². The highest BCUT2D eigenvalue weighted by molar-refractivity contribution is 6.30. The fourth-order valence-electron chi connectivity index (χ4n) is 2.71. The van der Waals surface area contributed by atoms with Crippen molar-refractivity contribution in [2.45, 2.75) is 0 Å². The van der Waals surface area contributed by atoms with Gasteiger partial charge in [-0.2, -0.15) is 5.10 Å². The van der Waals surface area contributed by atoms with E-state index >= 15 is 0 Å². The molecule has 0 spiro atoms. The Labute approximate surface area is 174 Å². The van der Waals surface area contributed by atoms with Gasteiger partial charge in [0.25, 0.3) is 5.91 Å². The summed E-state index contributed by atoms with van der Waals surface area (Å²) in [7, 11) is 0. The van der Waals surface area contributed by atoms with Gasteiger partial charge in [0, 0.05) is 11.1 Å². The first-order valence-electron chi connectivity index (χ1n) is 8.77. The Morgan fingerprint density at radius 1 is 1.23 bits per heavy atom. The number of hydrazone groups is 1. The van der Waals surface area contributed by atoms with Gasteiger partial charge >= 0.3 is 0 Å². The predicted molar refractivity (Wildman–Crippen MR) is 111 cm³/mol. The molecule has 0 aliphatic heterocycles. The Bertz CT molecular complexity index is 1280. The third-order valence-electron chi connectivity index (χ3n) is 4.10. The van der Waals surface area contributed by atoms with E-state index < -0.39 is 5.91 Å². The van der Waals surface area contributed by atoms with Crippen molar-refractivity contribution in [3.05, 3.63) is 81.8 Å². The van der Waals surface area contributed by atoms with Crippen LogP contribution >= 0.6 is 11.6 Å². The van der Waals surface area contributed by atoms with Gasteiger partial charge < -0.3 is 13.7 Å². The lowest BCUT2D eigenvalue weighted by Crippen LogP contribution is -2.25. The molecule has 0 saturated carbocycles. The molecule has 0 unspecified atom stereocenters. The number of ether oxygens (including phenoxy) is 1. The van der Waals surface area contributed by atoms with E-state index in [-0.39, 0.29) is 17.6 Å². The molecule has 9 heteroatoms. The Hall–Kier alpha value is -3.91. The topological polar surface area (TPSA) is 107 Å². The summed E-state index contributed by atoms with van der Waals surface area (Å²) < 4.78 is 16.1. The van der Waals surface area contributed by atoms with Gasteiger partial charge in [-0.05, 0) is 30.3 Å². The van der Waals surface area contributed by atoms with Crippen LogP contribution in [0.15, 0.2) is 79.8 Å². The van der Waals surface area contributed by atoms with E-state index in [9.17, 15) is 9.59 Å². The Kier molecular flexibility index (Phi) is 5.58. The summed E-state index contributed by atoms with van der Waals surface area (Å²) in [5.74, 6) is 0.328. The number of fused-ring (bicyclic) bond motifs is 1. The van der Waals surface area contributed by atoms with Gasteiger partial charge in [-0.3, -0.25) is 9.59 Å². The first-order valence-corrected chi connectivity index (χ1v) is 9.15.